The second-order valence-electron chi connectivity index (χ2n) is 5.23. The van der Waals surface area contributed by atoms with E-state index in [1.807, 2.05) is 0 Å². The van der Waals surface area contributed by atoms with Crippen molar-refractivity contribution in [2.75, 3.05) is 0 Å². The Kier molecular flexibility index (Phi) is 37.7. The van der Waals surface area contributed by atoms with Crippen molar-refractivity contribution in [2.24, 2.45) is 0 Å². The fourth-order valence-electron chi connectivity index (χ4n) is 1.87. The highest BCUT2D eigenvalue weighted by Crippen LogP contribution is 3.40. The predicted molar refractivity (Wildman–Crippen MR) is 283 cm³/mol. The molecule has 19 atom stereocenters. The summed E-state index contributed by atoms with van der Waals surface area (Å²) in [6, 6.07) is 0. The van der Waals surface area contributed by atoms with Gasteiger partial charge in [0.05, 0.1) is 0 Å². The summed E-state index contributed by atoms with van der Waals surface area (Å²) in [4.78, 5) is 0. The first-order chi connectivity index (χ1) is 15.4. The zero-order chi connectivity index (χ0) is 27.2. The number of rotatable bonds is 15. The van der Waals surface area contributed by atoms with E-state index in [-0.39, 0.29) is 112 Å². The van der Waals surface area contributed by atoms with Gasteiger partial charge in [0.15, 0.2) is 0 Å². The van der Waals surface area contributed by atoms with Gasteiger partial charge in [0.1, 0.15) is 0 Å². The minimum atomic E-state index is -0.296. The van der Waals surface area contributed by atoms with Crippen LogP contribution in [0, 0.1) is 0 Å². The maximum absolute atomic E-state index is 4.21. The molecule has 2 radical (unpaired) electrons. The van der Waals surface area contributed by atoms with E-state index in [4.69, 9.17) is 0 Å². The average molecular weight is 1090 g/mol. The Balaban J connectivity index is 7.58. The molecule has 204 valence electrons. The molecule has 0 amide bonds. The lowest BCUT2D eigenvalue weighted by Gasteiger charge is -2.53. The monoisotopic (exact) mass is 1090 g/mol. The maximum Gasteiger partial charge on any atom is -0.000260 e. The first-order valence-corrected chi connectivity index (χ1v) is 68.2. The molecule has 0 aromatic rings. The van der Waals surface area contributed by atoms with Crippen molar-refractivity contribution < 1.29 is 0 Å². The SMILES string of the molecule is [PH]P([PH])P(P(P)P)P(P(P)P)P(P(P(P)P)P(P)P)P(P(P(P)P)P(P)P)P(P(P)P)P(P)P. The summed E-state index contributed by atoms with van der Waals surface area (Å²) < 4.78 is 0. The van der Waals surface area contributed by atoms with Gasteiger partial charge < -0.3 is 0 Å². The van der Waals surface area contributed by atoms with Crippen LogP contribution in [0.3, 0.4) is 0 Å². The summed E-state index contributed by atoms with van der Waals surface area (Å²) in [7, 11) is 61.5. The van der Waals surface area contributed by atoms with Crippen LogP contribution < -0.4 is 0 Å². The Morgan fingerprint density at radius 1 is 0.235 bits per heavy atom. The van der Waals surface area contributed by atoms with Gasteiger partial charge in [-0.1, -0.05) is 17.9 Å². The number of hydrogen-bond acceptors (Lipinski definition) is 0. The van der Waals surface area contributed by atoms with E-state index in [2.05, 4.69) is 161 Å². The predicted octanol–water partition coefficient (Wildman–Crippen LogP) is 20.2. The summed E-state index contributed by atoms with van der Waals surface area (Å²) in [6.07, 6.45) is 0. The highest BCUT2D eigenvalue weighted by atomic mass is 33.5. The molecule has 0 aliphatic rings. The molecule has 0 aromatic carbocycles. The van der Waals surface area contributed by atoms with Crippen molar-refractivity contribution in [1.29, 1.82) is 0 Å². The van der Waals surface area contributed by atoms with Crippen LogP contribution in [0.1, 0.15) is 0 Å². The quantitative estimate of drug-likeness (QED) is 0.143. The largest absolute Gasteiger partial charge is 0.102 e. The lowest BCUT2D eigenvalue weighted by Crippen LogP contribution is -1.66. The van der Waals surface area contributed by atoms with Gasteiger partial charge in [-0.25, -0.2) is 0 Å². The molecule has 0 spiro atoms. The van der Waals surface area contributed by atoms with Crippen LogP contribution in [0.4, 0.5) is 0 Å². The van der Waals surface area contributed by atoms with Crippen LogP contribution in [0.2, 0.25) is 0 Å². The normalized spacial score (nSPS) is 15.9. The molecule has 34 heavy (non-hydrogen) atoms. The van der Waals surface area contributed by atoms with Crippen LogP contribution >= 0.6 is 273 Å². The first-order valence-electron chi connectivity index (χ1n) is 7.58. The van der Waals surface area contributed by atoms with Gasteiger partial charge in [0.2, 0.25) is 0 Å². The van der Waals surface area contributed by atoms with E-state index in [0.717, 1.165) is 0 Å². The summed E-state index contributed by atoms with van der Waals surface area (Å²) in [5.41, 5.74) is 0. The van der Waals surface area contributed by atoms with Crippen LogP contribution in [0.25, 0.3) is 0 Å². The third-order valence-electron chi connectivity index (χ3n) is 2.79. The van der Waals surface area contributed by atoms with Gasteiger partial charge in [0, 0.05) is 0 Å². The zero-order valence-corrected chi connectivity index (χ0v) is 52.2. The average Bonchev–Trinajstić information content (AvgIpc) is 2.60. The smallest absolute Gasteiger partial charge is 0.000260 e. The molecule has 0 bridgehead atoms. The van der Waals surface area contributed by atoms with Crippen LogP contribution in [0.5, 0.6) is 0 Å². The standard InChI is InChI=1S/H34P34/c1-19(2)28(20(3)4)32(27(17)18)34(31(25(13)14)26(15)16)33(29(21(5)6)22(7)8)30(23(9)10)24(11)12/h1-2H,3-18H2. The first kappa shape index (κ1) is 48.6. The fourth-order valence-corrected chi connectivity index (χ4v) is 455. The topological polar surface area (TPSA) is 0 Å². The molecule has 0 fully saturated rings. The third-order valence-corrected chi connectivity index (χ3v) is 226. The molecule has 0 heterocycles. The maximum atomic E-state index is 4.21. The Hall–Kier alpha value is 14.6. The van der Waals surface area contributed by atoms with Crippen molar-refractivity contribution in [2.45, 2.75) is 0 Å². The van der Waals surface area contributed by atoms with Gasteiger partial charge in [-0.05, 0) is 112 Å². The minimum Gasteiger partial charge on any atom is -0.102 e. The minimum absolute atomic E-state index is 0.0179. The van der Waals surface area contributed by atoms with Crippen molar-refractivity contribution in [3.05, 3.63) is 0 Å². The summed E-state index contributed by atoms with van der Waals surface area (Å²) in [5.74, 6) is 0. The lowest BCUT2D eigenvalue weighted by atomic mass is 28.5. The van der Waals surface area contributed by atoms with E-state index in [1.165, 1.54) is 0 Å². The van der Waals surface area contributed by atoms with Gasteiger partial charge in [-0.15, -0.1) is 143 Å². The molecule has 34 heteroatoms. The summed E-state index contributed by atoms with van der Waals surface area (Å²) in [5, 5.41) is 0. The van der Waals surface area contributed by atoms with Crippen molar-refractivity contribution >= 4 is 273 Å². The van der Waals surface area contributed by atoms with Gasteiger partial charge in [0.25, 0.3) is 0 Å². The Morgan fingerprint density at radius 2 is 0.412 bits per heavy atom. The molecule has 0 saturated heterocycles. The highest BCUT2D eigenvalue weighted by molar-refractivity contribution is 9.46. The molecule has 0 nitrogen and oxygen atoms in total. The second kappa shape index (κ2) is 26.4. The fraction of sp³-hybridized carbons (Fsp3) is 0. The molecule has 0 saturated carbocycles. The van der Waals surface area contributed by atoms with Gasteiger partial charge in [-0.3, -0.25) is 0 Å². The molecule has 19 unspecified atom stereocenters. The Morgan fingerprint density at radius 3 is 0.559 bits per heavy atom. The Bertz CT molecular complexity index is 466. The van der Waals surface area contributed by atoms with Gasteiger partial charge >= 0.3 is 0 Å². The number of hydrogen-bond donors (Lipinski definition) is 0. The van der Waals surface area contributed by atoms with E-state index in [9.17, 15) is 0 Å². The molecular formula is H34P34. The molecular weight excluding hydrogens is 1050 g/mol. The van der Waals surface area contributed by atoms with Gasteiger partial charge in [-0.2, -0.15) is 0 Å². The van der Waals surface area contributed by atoms with Crippen LogP contribution in [0.15, 0.2) is 0 Å². The molecule has 0 N–H and O–H groups in total. The van der Waals surface area contributed by atoms with E-state index < -0.39 is 0 Å². The van der Waals surface area contributed by atoms with Crippen molar-refractivity contribution in [3.63, 3.8) is 0 Å². The van der Waals surface area contributed by atoms with Crippen molar-refractivity contribution in [1.82, 2.24) is 0 Å². The lowest BCUT2D eigenvalue weighted by molar-refractivity contribution is 4.40. The van der Waals surface area contributed by atoms with Crippen LogP contribution in [-0.2, 0) is 0 Å². The molecule has 0 aromatic heterocycles. The zero-order valence-electron chi connectivity index (χ0n) is 17.4. The third kappa shape index (κ3) is 17.4. The Labute approximate surface area is 269 Å². The highest BCUT2D eigenvalue weighted by Gasteiger charge is 2.52. The van der Waals surface area contributed by atoms with Crippen molar-refractivity contribution in [3.8, 4) is 0 Å². The summed E-state index contributed by atoms with van der Waals surface area (Å²) in [6.45, 7) is -1.45. The molecule has 0 aliphatic carbocycles. The van der Waals surface area contributed by atoms with E-state index in [1.54, 1.807) is 0 Å². The van der Waals surface area contributed by atoms with E-state index in [0.29, 0.717) is 0 Å². The molecule has 0 rings (SSSR count). The van der Waals surface area contributed by atoms with E-state index >= 15 is 0 Å². The van der Waals surface area contributed by atoms with Crippen LogP contribution in [-0.4, -0.2) is 0 Å². The second-order valence-corrected chi connectivity index (χ2v) is 141. The molecule has 0 aliphatic heterocycles. The summed E-state index contributed by atoms with van der Waals surface area (Å²) >= 11 is 0.